The molecule has 0 saturated carbocycles. The zero-order chi connectivity index (χ0) is 13.0. The first-order valence-electron chi connectivity index (χ1n) is 6.27. The minimum atomic E-state index is 0.867. The van der Waals surface area contributed by atoms with E-state index in [-0.39, 0.29) is 0 Å². The lowest BCUT2D eigenvalue weighted by Crippen LogP contribution is -2.18. The van der Waals surface area contributed by atoms with E-state index in [1.54, 1.807) is 11.0 Å². The number of nitrogens with one attached hydrogen (secondary N) is 1. The standard InChI is InChI=1S/C14H20N4/c1-11-5-4-6-13(12(11)2)9-15-8-7-14-16-10-18(3)17-14/h4-6,10,15H,7-9H2,1-3H3. The van der Waals surface area contributed by atoms with Gasteiger partial charge in [-0.2, -0.15) is 5.10 Å². The van der Waals surface area contributed by atoms with Crippen molar-refractivity contribution in [1.82, 2.24) is 20.1 Å². The Morgan fingerprint density at radius 3 is 2.83 bits per heavy atom. The highest BCUT2D eigenvalue weighted by molar-refractivity contribution is 5.32. The summed E-state index contributed by atoms with van der Waals surface area (Å²) in [6.45, 7) is 6.13. The molecule has 0 spiro atoms. The van der Waals surface area contributed by atoms with Gasteiger partial charge in [-0.1, -0.05) is 18.2 Å². The van der Waals surface area contributed by atoms with Crippen molar-refractivity contribution in [3.8, 4) is 0 Å². The van der Waals surface area contributed by atoms with Crippen molar-refractivity contribution in [2.45, 2.75) is 26.8 Å². The Bertz CT molecular complexity index is 516. The molecule has 4 heteroatoms. The molecule has 2 aromatic rings. The van der Waals surface area contributed by atoms with E-state index in [0.29, 0.717) is 0 Å². The molecule has 18 heavy (non-hydrogen) atoms. The normalized spacial score (nSPS) is 10.8. The Hall–Kier alpha value is -1.68. The highest BCUT2D eigenvalue weighted by atomic mass is 15.3. The van der Waals surface area contributed by atoms with Crippen molar-refractivity contribution >= 4 is 0 Å². The van der Waals surface area contributed by atoms with Gasteiger partial charge in [-0.25, -0.2) is 4.98 Å². The lowest BCUT2D eigenvalue weighted by molar-refractivity contribution is 0.659. The summed E-state index contributed by atoms with van der Waals surface area (Å²) in [4.78, 5) is 4.20. The second-order valence-electron chi connectivity index (χ2n) is 4.62. The molecule has 0 aliphatic carbocycles. The van der Waals surface area contributed by atoms with Crippen LogP contribution in [0.15, 0.2) is 24.5 Å². The summed E-state index contributed by atoms with van der Waals surface area (Å²) >= 11 is 0. The van der Waals surface area contributed by atoms with Gasteiger partial charge in [-0.15, -0.1) is 0 Å². The van der Waals surface area contributed by atoms with E-state index in [1.807, 2.05) is 7.05 Å². The van der Waals surface area contributed by atoms with Gasteiger partial charge in [0.15, 0.2) is 5.82 Å². The molecule has 0 aliphatic rings. The quantitative estimate of drug-likeness (QED) is 0.815. The summed E-state index contributed by atoms with van der Waals surface area (Å²) in [5.74, 6) is 0.894. The highest BCUT2D eigenvalue weighted by Gasteiger charge is 2.01. The number of aromatic nitrogens is 3. The van der Waals surface area contributed by atoms with E-state index in [0.717, 1.165) is 25.3 Å². The molecule has 0 amide bonds. The fourth-order valence-corrected chi connectivity index (χ4v) is 1.93. The van der Waals surface area contributed by atoms with Crippen LogP contribution in [0.4, 0.5) is 0 Å². The highest BCUT2D eigenvalue weighted by Crippen LogP contribution is 2.12. The van der Waals surface area contributed by atoms with Crippen LogP contribution in [0.25, 0.3) is 0 Å². The van der Waals surface area contributed by atoms with Gasteiger partial charge in [0.2, 0.25) is 0 Å². The number of hydrogen-bond donors (Lipinski definition) is 1. The second-order valence-corrected chi connectivity index (χ2v) is 4.62. The van der Waals surface area contributed by atoms with Crippen LogP contribution < -0.4 is 5.32 Å². The van der Waals surface area contributed by atoms with Gasteiger partial charge in [0.05, 0.1) is 0 Å². The van der Waals surface area contributed by atoms with Crippen LogP contribution in [0.1, 0.15) is 22.5 Å². The molecule has 0 bridgehead atoms. The van der Waals surface area contributed by atoms with Crippen molar-refractivity contribution < 1.29 is 0 Å². The molecule has 96 valence electrons. The van der Waals surface area contributed by atoms with E-state index in [1.165, 1.54) is 16.7 Å². The molecule has 2 rings (SSSR count). The van der Waals surface area contributed by atoms with Crippen LogP contribution in [0.3, 0.4) is 0 Å². The molecule has 0 aliphatic heterocycles. The van der Waals surface area contributed by atoms with Crippen molar-refractivity contribution in [3.05, 3.63) is 47.0 Å². The third kappa shape index (κ3) is 3.17. The SMILES string of the molecule is Cc1cccc(CNCCc2ncn(C)n2)c1C. The average molecular weight is 244 g/mol. The molecule has 0 atom stereocenters. The van der Waals surface area contributed by atoms with Crippen molar-refractivity contribution in [2.75, 3.05) is 6.54 Å². The lowest BCUT2D eigenvalue weighted by Gasteiger charge is -2.09. The molecule has 1 aromatic heterocycles. The van der Waals surface area contributed by atoms with Gasteiger partial charge in [0, 0.05) is 26.6 Å². The smallest absolute Gasteiger partial charge is 0.151 e. The zero-order valence-electron chi connectivity index (χ0n) is 11.3. The minimum Gasteiger partial charge on any atom is -0.312 e. The van der Waals surface area contributed by atoms with Crippen LogP contribution in [0.5, 0.6) is 0 Å². The average Bonchev–Trinajstić information content (AvgIpc) is 2.76. The Morgan fingerprint density at radius 1 is 1.28 bits per heavy atom. The molecule has 0 saturated heterocycles. The number of aryl methyl sites for hydroxylation is 2. The third-order valence-corrected chi connectivity index (χ3v) is 3.20. The number of benzene rings is 1. The van der Waals surface area contributed by atoms with E-state index >= 15 is 0 Å². The molecular formula is C14H20N4. The number of rotatable bonds is 5. The van der Waals surface area contributed by atoms with Crippen LogP contribution in [-0.4, -0.2) is 21.3 Å². The van der Waals surface area contributed by atoms with Crippen LogP contribution in [-0.2, 0) is 20.0 Å². The maximum absolute atomic E-state index is 4.25. The largest absolute Gasteiger partial charge is 0.312 e. The van der Waals surface area contributed by atoms with Gasteiger partial charge in [-0.3, -0.25) is 4.68 Å². The van der Waals surface area contributed by atoms with E-state index in [4.69, 9.17) is 0 Å². The second kappa shape index (κ2) is 5.78. The van der Waals surface area contributed by atoms with E-state index in [9.17, 15) is 0 Å². The molecular weight excluding hydrogens is 224 g/mol. The summed E-state index contributed by atoms with van der Waals surface area (Å²) in [6, 6.07) is 6.44. The topological polar surface area (TPSA) is 42.7 Å². The summed E-state index contributed by atoms with van der Waals surface area (Å²) in [5.41, 5.74) is 4.09. The molecule has 0 fully saturated rings. The molecule has 1 aromatic carbocycles. The predicted octanol–water partition coefficient (Wildman–Crippen LogP) is 1.76. The summed E-state index contributed by atoms with van der Waals surface area (Å²) in [6.07, 6.45) is 2.60. The zero-order valence-corrected chi connectivity index (χ0v) is 11.3. The molecule has 1 N–H and O–H groups in total. The van der Waals surface area contributed by atoms with Crippen LogP contribution in [0, 0.1) is 13.8 Å². The first kappa shape index (κ1) is 12.8. The predicted molar refractivity (Wildman–Crippen MR) is 72.3 cm³/mol. The Balaban J connectivity index is 1.80. The van der Waals surface area contributed by atoms with Gasteiger partial charge in [0.1, 0.15) is 6.33 Å². The minimum absolute atomic E-state index is 0.867. The van der Waals surface area contributed by atoms with Crippen molar-refractivity contribution in [3.63, 3.8) is 0 Å². The summed E-state index contributed by atoms with van der Waals surface area (Å²) in [5, 5.41) is 7.69. The molecule has 4 nitrogen and oxygen atoms in total. The number of nitrogens with zero attached hydrogens (tertiary/aromatic N) is 3. The Labute approximate surface area is 108 Å². The maximum Gasteiger partial charge on any atom is 0.151 e. The molecule has 1 heterocycles. The number of hydrogen-bond acceptors (Lipinski definition) is 3. The molecule has 0 radical (unpaired) electrons. The first-order chi connectivity index (χ1) is 8.66. The third-order valence-electron chi connectivity index (χ3n) is 3.20. The van der Waals surface area contributed by atoms with Gasteiger partial charge in [0.25, 0.3) is 0 Å². The molecule has 0 unspecified atom stereocenters. The Kier molecular flexibility index (Phi) is 4.10. The summed E-state index contributed by atoms with van der Waals surface area (Å²) < 4.78 is 1.74. The van der Waals surface area contributed by atoms with Crippen LogP contribution >= 0.6 is 0 Å². The monoisotopic (exact) mass is 244 g/mol. The van der Waals surface area contributed by atoms with E-state index < -0.39 is 0 Å². The fraction of sp³-hybridized carbons (Fsp3) is 0.429. The first-order valence-corrected chi connectivity index (χ1v) is 6.27. The van der Waals surface area contributed by atoms with Gasteiger partial charge >= 0.3 is 0 Å². The fourth-order valence-electron chi connectivity index (χ4n) is 1.93. The maximum atomic E-state index is 4.25. The van der Waals surface area contributed by atoms with E-state index in [2.05, 4.69) is 47.4 Å². The van der Waals surface area contributed by atoms with Gasteiger partial charge < -0.3 is 5.32 Å². The lowest BCUT2D eigenvalue weighted by atomic mass is 10.0. The van der Waals surface area contributed by atoms with Gasteiger partial charge in [-0.05, 0) is 30.5 Å². The van der Waals surface area contributed by atoms with Crippen LogP contribution in [0.2, 0.25) is 0 Å². The Morgan fingerprint density at radius 2 is 2.11 bits per heavy atom. The van der Waals surface area contributed by atoms with Crippen molar-refractivity contribution in [1.29, 1.82) is 0 Å². The van der Waals surface area contributed by atoms with Crippen molar-refractivity contribution in [2.24, 2.45) is 7.05 Å². The summed E-state index contributed by atoms with van der Waals surface area (Å²) in [7, 11) is 1.89.